The third-order valence-electron chi connectivity index (χ3n) is 4.61. The minimum absolute atomic E-state index is 0.231. The summed E-state index contributed by atoms with van der Waals surface area (Å²) in [6, 6.07) is 6.42. The molecule has 128 valence electrons. The largest absolute Gasteiger partial charge is 0.296 e. The van der Waals surface area contributed by atoms with Crippen LogP contribution in [-0.2, 0) is 6.54 Å². The fraction of sp³-hybridized carbons (Fsp3) is 0.500. The average Bonchev–Trinajstić information content (AvgIpc) is 3.04. The third kappa shape index (κ3) is 3.70. The van der Waals surface area contributed by atoms with E-state index in [1.165, 1.54) is 37.1 Å². The van der Waals surface area contributed by atoms with Crippen LogP contribution in [0.15, 0.2) is 30.5 Å². The molecule has 24 heavy (non-hydrogen) atoms. The van der Waals surface area contributed by atoms with Gasteiger partial charge in [0, 0.05) is 17.6 Å². The van der Waals surface area contributed by atoms with E-state index in [4.69, 9.17) is 0 Å². The standard InChI is InChI=1S/C18H23FN4O/c1-13(2)23-10-4-3-5-16(23)11-22-12-17(20-21-22)18(24)14-6-8-15(19)9-7-14/h6-9,12-13,16H,3-5,10-11H2,1-2H3. The number of aromatic nitrogens is 3. The van der Waals surface area contributed by atoms with E-state index in [9.17, 15) is 9.18 Å². The monoisotopic (exact) mass is 330 g/mol. The lowest BCUT2D eigenvalue weighted by atomic mass is 10.0. The van der Waals surface area contributed by atoms with Crippen LogP contribution in [0.25, 0.3) is 0 Å². The van der Waals surface area contributed by atoms with Gasteiger partial charge in [0.25, 0.3) is 0 Å². The SMILES string of the molecule is CC(C)N1CCCCC1Cn1cc(C(=O)c2ccc(F)cc2)nn1. The van der Waals surface area contributed by atoms with Crippen LogP contribution < -0.4 is 0 Å². The second kappa shape index (κ2) is 7.21. The molecule has 1 atom stereocenters. The number of rotatable bonds is 5. The van der Waals surface area contributed by atoms with Crippen LogP contribution in [0, 0.1) is 5.82 Å². The number of halogens is 1. The molecule has 1 saturated heterocycles. The molecule has 0 bridgehead atoms. The van der Waals surface area contributed by atoms with Crippen LogP contribution in [0.2, 0.25) is 0 Å². The number of ketones is 1. The minimum Gasteiger partial charge on any atom is -0.296 e. The number of carbonyl (C=O) groups is 1. The molecule has 5 nitrogen and oxygen atoms in total. The molecular weight excluding hydrogens is 307 g/mol. The first-order valence-corrected chi connectivity index (χ1v) is 8.51. The van der Waals surface area contributed by atoms with E-state index in [-0.39, 0.29) is 11.6 Å². The average molecular weight is 330 g/mol. The van der Waals surface area contributed by atoms with Crippen LogP contribution in [-0.4, -0.2) is 44.3 Å². The predicted octanol–water partition coefficient (Wildman–Crippen LogP) is 2.91. The number of piperidine rings is 1. The number of nitrogens with zero attached hydrogens (tertiary/aromatic N) is 4. The molecule has 2 aromatic rings. The van der Waals surface area contributed by atoms with E-state index in [2.05, 4.69) is 29.1 Å². The normalized spacial score (nSPS) is 18.9. The highest BCUT2D eigenvalue weighted by atomic mass is 19.1. The van der Waals surface area contributed by atoms with Gasteiger partial charge in [0.15, 0.2) is 5.69 Å². The molecule has 0 saturated carbocycles. The molecule has 6 heteroatoms. The molecule has 1 aliphatic rings. The first kappa shape index (κ1) is 16.8. The minimum atomic E-state index is -0.360. The molecule has 1 aromatic heterocycles. The lowest BCUT2D eigenvalue weighted by molar-refractivity contribution is 0.0960. The molecule has 0 spiro atoms. The summed E-state index contributed by atoms with van der Waals surface area (Å²) in [5.41, 5.74) is 0.721. The molecule has 0 radical (unpaired) electrons. The zero-order valence-electron chi connectivity index (χ0n) is 14.2. The first-order chi connectivity index (χ1) is 11.5. The van der Waals surface area contributed by atoms with Gasteiger partial charge < -0.3 is 0 Å². The lowest BCUT2D eigenvalue weighted by Crippen LogP contribution is -2.46. The quantitative estimate of drug-likeness (QED) is 0.791. The van der Waals surface area contributed by atoms with Gasteiger partial charge in [-0.15, -0.1) is 5.10 Å². The maximum Gasteiger partial charge on any atom is 0.214 e. The van der Waals surface area contributed by atoms with Crippen molar-refractivity contribution in [2.45, 2.75) is 51.7 Å². The number of likely N-dealkylation sites (tertiary alicyclic amines) is 1. The Hall–Kier alpha value is -2.08. The maximum absolute atomic E-state index is 13.0. The van der Waals surface area contributed by atoms with Crippen LogP contribution in [0.4, 0.5) is 4.39 Å². The number of carbonyl (C=O) groups excluding carboxylic acids is 1. The van der Waals surface area contributed by atoms with Gasteiger partial charge in [-0.2, -0.15) is 0 Å². The summed E-state index contributed by atoms with van der Waals surface area (Å²) in [6.07, 6.45) is 5.29. The van der Waals surface area contributed by atoms with Crippen LogP contribution in [0.3, 0.4) is 0 Å². The molecule has 0 amide bonds. The molecular formula is C18H23FN4O. The number of hydrogen-bond acceptors (Lipinski definition) is 4. The second-order valence-electron chi connectivity index (χ2n) is 6.64. The van der Waals surface area contributed by atoms with Gasteiger partial charge in [-0.05, 0) is 57.5 Å². The van der Waals surface area contributed by atoms with Crippen molar-refractivity contribution in [3.63, 3.8) is 0 Å². The molecule has 2 heterocycles. The highest BCUT2D eigenvalue weighted by Gasteiger charge is 2.25. The van der Waals surface area contributed by atoms with Crippen LogP contribution in [0.5, 0.6) is 0 Å². The Morgan fingerprint density at radius 1 is 1.29 bits per heavy atom. The fourth-order valence-corrected chi connectivity index (χ4v) is 3.36. The number of benzene rings is 1. The first-order valence-electron chi connectivity index (χ1n) is 8.51. The highest BCUT2D eigenvalue weighted by molar-refractivity contribution is 6.07. The van der Waals surface area contributed by atoms with Gasteiger partial charge in [0.2, 0.25) is 5.78 Å². The van der Waals surface area contributed by atoms with E-state index in [1.807, 2.05) is 0 Å². The molecule has 0 N–H and O–H groups in total. The Labute approximate surface area is 141 Å². The summed E-state index contributed by atoms with van der Waals surface area (Å²) in [7, 11) is 0. The van der Waals surface area contributed by atoms with Gasteiger partial charge in [-0.3, -0.25) is 14.4 Å². The van der Waals surface area contributed by atoms with Gasteiger partial charge in [0.1, 0.15) is 5.82 Å². The maximum atomic E-state index is 13.0. The molecule has 1 aliphatic heterocycles. The molecule has 1 fully saturated rings. The zero-order valence-corrected chi connectivity index (χ0v) is 14.2. The smallest absolute Gasteiger partial charge is 0.214 e. The van der Waals surface area contributed by atoms with E-state index >= 15 is 0 Å². The lowest BCUT2D eigenvalue weighted by Gasteiger charge is -2.38. The summed E-state index contributed by atoms with van der Waals surface area (Å²) in [4.78, 5) is 14.9. The van der Waals surface area contributed by atoms with Crippen molar-refractivity contribution >= 4 is 5.78 Å². The Kier molecular flexibility index (Phi) is 5.04. The topological polar surface area (TPSA) is 51.0 Å². The summed E-state index contributed by atoms with van der Waals surface area (Å²) < 4.78 is 14.7. The van der Waals surface area contributed by atoms with E-state index in [0.717, 1.165) is 19.5 Å². The Bertz CT molecular complexity index is 695. The van der Waals surface area contributed by atoms with Crippen LogP contribution in [0.1, 0.15) is 49.2 Å². The molecule has 1 unspecified atom stereocenters. The summed E-state index contributed by atoms with van der Waals surface area (Å²) in [5, 5.41) is 8.11. The summed E-state index contributed by atoms with van der Waals surface area (Å²) >= 11 is 0. The van der Waals surface area contributed by atoms with Gasteiger partial charge in [-0.25, -0.2) is 4.39 Å². The van der Waals surface area contributed by atoms with Crippen molar-refractivity contribution in [2.75, 3.05) is 6.54 Å². The Morgan fingerprint density at radius 2 is 2.04 bits per heavy atom. The van der Waals surface area contributed by atoms with Crippen molar-refractivity contribution in [3.8, 4) is 0 Å². The Balaban J connectivity index is 1.71. The Morgan fingerprint density at radius 3 is 2.75 bits per heavy atom. The number of hydrogen-bond donors (Lipinski definition) is 0. The van der Waals surface area contributed by atoms with Crippen molar-refractivity contribution in [1.82, 2.24) is 19.9 Å². The van der Waals surface area contributed by atoms with Crippen molar-refractivity contribution < 1.29 is 9.18 Å². The van der Waals surface area contributed by atoms with Crippen LogP contribution >= 0.6 is 0 Å². The van der Waals surface area contributed by atoms with E-state index in [1.54, 1.807) is 10.9 Å². The summed E-state index contributed by atoms with van der Waals surface area (Å²) in [6.45, 7) is 6.27. The molecule has 3 rings (SSSR count). The summed E-state index contributed by atoms with van der Waals surface area (Å²) in [5.74, 6) is -0.591. The van der Waals surface area contributed by atoms with E-state index < -0.39 is 0 Å². The van der Waals surface area contributed by atoms with Crippen molar-refractivity contribution in [3.05, 3.63) is 47.5 Å². The van der Waals surface area contributed by atoms with Gasteiger partial charge in [0.05, 0.1) is 12.7 Å². The van der Waals surface area contributed by atoms with Crippen molar-refractivity contribution in [1.29, 1.82) is 0 Å². The molecule has 0 aliphatic carbocycles. The van der Waals surface area contributed by atoms with Crippen molar-refractivity contribution in [2.24, 2.45) is 0 Å². The predicted molar refractivity (Wildman–Crippen MR) is 89.3 cm³/mol. The van der Waals surface area contributed by atoms with Gasteiger partial charge in [-0.1, -0.05) is 11.6 Å². The van der Waals surface area contributed by atoms with Gasteiger partial charge >= 0.3 is 0 Å². The highest BCUT2D eigenvalue weighted by Crippen LogP contribution is 2.21. The van der Waals surface area contributed by atoms with E-state index in [0.29, 0.717) is 23.3 Å². The molecule has 1 aromatic carbocycles. The third-order valence-corrected chi connectivity index (χ3v) is 4.61. The fourth-order valence-electron chi connectivity index (χ4n) is 3.36. The second-order valence-corrected chi connectivity index (χ2v) is 6.64. The zero-order chi connectivity index (χ0) is 17.1.